The zero-order valence-electron chi connectivity index (χ0n) is 11.9. The molecule has 4 amide bonds. The monoisotopic (exact) mass is 321 g/mol. The lowest BCUT2D eigenvalue weighted by molar-refractivity contribution is -0.135. The number of halogens is 1. The lowest BCUT2D eigenvalue weighted by Gasteiger charge is -2.37. The van der Waals surface area contributed by atoms with Crippen LogP contribution in [0.1, 0.15) is 18.4 Å². The first-order valence-corrected chi connectivity index (χ1v) is 7.52. The zero-order valence-corrected chi connectivity index (χ0v) is 12.7. The molecule has 22 heavy (non-hydrogen) atoms. The smallest absolute Gasteiger partial charge is 0.322 e. The molecule has 1 spiro atoms. The van der Waals surface area contributed by atoms with Crippen LogP contribution in [0.5, 0.6) is 0 Å². The molecule has 0 saturated carbocycles. The predicted octanol–water partition coefficient (Wildman–Crippen LogP) is 1.08. The van der Waals surface area contributed by atoms with Gasteiger partial charge in [-0.2, -0.15) is 0 Å². The Bertz CT molecular complexity index is 621. The largest absolute Gasteiger partial charge is 0.342 e. The fourth-order valence-corrected chi connectivity index (χ4v) is 3.03. The molecule has 2 aliphatic rings. The molecule has 0 atom stereocenters. The van der Waals surface area contributed by atoms with E-state index in [4.69, 9.17) is 11.6 Å². The minimum absolute atomic E-state index is 0.0157. The molecule has 1 aromatic carbocycles. The molecule has 2 aliphatic heterocycles. The first kappa shape index (κ1) is 14.8. The summed E-state index contributed by atoms with van der Waals surface area (Å²) in [6, 6.07) is 6.72. The van der Waals surface area contributed by atoms with Gasteiger partial charge >= 0.3 is 6.03 Å². The summed E-state index contributed by atoms with van der Waals surface area (Å²) in [5, 5.41) is 5.58. The Hall–Kier alpha value is -2.08. The quantitative estimate of drug-likeness (QED) is 0.800. The maximum Gasteiger partial charge on any atom is 0.322 e. The average Bonchev–Trinajstić information content (AvgIpc) is 2.76. The normalized spacial score (nSPS) is 20.0. The van der Waals surface area contributed by atoms with E-state index in [0.29, 0.717) is 37.4 Å². The number of nitrogens with zero attached hydrogens (tertiary/aromatic N) is 1. The molecule has 116 valence electrons. The highest BCUT2D eigenvalue weighted by Gasteiger charge is 2.48. The van der Waals surface area contributed by atoms with Crippen LogP contribution >= 0.6 is 11.6 Å². The third kappa shape index (κ3) is 2.78. The maximum atomic E-state index is 12.3. The number of amides is 4. The molecular weight excluding hydrogens is 306 g/mol. The van der Waals surface area contributed by atoms with Crippen molar-refractivity contribution >= 4 is 29.4 Å². The van der Waals surface area contributed by atoms with Crippen LogP contribution in [-0.4, -0.2) is 41.4 Å². The van der Waals surface area contributed by atoms with Gasteiger partial charge in [-0.05, 0) is 30.5 Å². The highest BCUT2D eigenvalue weighted by atomic mass is 35.5. The molecule has 2 N–H and O–H groups in total. The van der Waals surface area contributed by atoms with E-state index in [1.54, 1.807) is 17.0 Å². The summed E-state index contributed by atoms with van der Waals surface area (Å²) < 4.78 is 0. The van der Waals surface area contributed by atoms with Crippen LogP contribution in [0.2, 0.25) is 5.02 Å². The second-order valence-electron chi connectivity index (χ2n) is 5.67. The Labute approximate surface area is 132 Å². The SMILES string of the molecule is O=C1NC(=O)C2(CCN(C(=O)Cc3ccc(Cl)cc3)CC2)N1. The third-order valence-electron chi connectivity index (χ3n) is 4.25. The predicted molar refractivity (Wildman–Crippen MR) is 80.4 cm³/mol. The molecule has 0 unspecified atom stereocenters. The second kappa shape index (κ2) is 5.61. The highest BCUT2D eigenvalue weighted by molar-refractivity contribution is 6.30. The van der Waals surface area contributed by atoms with E-state index in [-0.39, 0.29) is 11.8 Å². The van der Waals surface area contributed by atoms with Gasteiger partial charge in [-0.1, -0.05) is 23.7 Å². The van der Waals surface area contributed by atoms with Gasteiger partial charge in [0.15, 0.2) is 0 Å². The van der Waals surface area contributed by atoms with Crippen molar-refractivity contribution in [1.29, 1.82) is 0 Å². The van der Waals surface area contributed by atoms with Gasteiger partial charge in [-0.15, -0.1) is 0 Å². The molecular formula is C15H16ClN3O3. The Kier molecular flexibility index (Phi) is 3.78. The van der Waals surface area contributed by atoms with E-state index in [1.807, 2.05) is 12.1 Å². The number of hydrogen-bond donors (Lipinski definition) is 2. The van der Waals surface area contributed by atoms with Crippen molar-refractivity contribution < 1.29 is 14.4 Å². The summed E-state index contributed by atoms with van der Waals surface area (Å²) in [7, 11) is 0. The van der Waals surface area contributed by atoms with Crippen molar-refractivity contribution in [3.05, 3.63) is 34.9 Å². The number of carbonyl (C=O) groups is 3. The van der Waals surface area contributed by atoms with Crippen molar-refractivity contribution in [2.45, 2.75) is 24.8 Å². The highest BCUT2D eigenvalue weighted by Crippen LogP contribution is 2.25. The molecule has 2 heterocycles. The van der Waals surface area contributed by atoms with Crippen molar-refractivity contribution in [3.8, 4) is 0 Å². The fourth-order valence-electron chi connectivity index (χ4n) is 2.91. The van der Waals surface area contributed by atoms with Gasteiger partial charge in [0.1, 0.15) is 5.54 Å². The molecule has 6 nitrogen and oxygen atoms in total. The van der Waals surface area contributed by atoms with Crippen LogP contribution in [0.15, 0.2) is 24.3 Å². The van der Waals surface area contributed by atoms with Crippen LogP contribution in [0.3, 0.4) is 0 Å². The summed E-state index contributed by atoms with van der Waals surface area (Å²) in [5.41, 5.74) is 0.0651. The summed E-state index contributed by atoms with van der Waals surface area (Å²) in [4.78, 5) is 37.2. The van der Waals surface area contributed by atoms with E-state index >= 15 is 0 Å². The van der Waals surface area contributed by atoms with E-state index < -0.39 is 11.6 Å². The van der Waals surface area contributed by atoms with Gasteiger partial charge in [0.2, 0.25) is 5.91 Å². The van der Waals surface area contributed by atoms with Crippen molar-refractivity contribution in [3.63, 3.8) is 0 Å². The summed E-state index contributed by atoms with van der Waals surface area (Å²) in [6.45, 7) is 0.917. The molecule has 0 aromatic heterocycles. The Morgan fingerprint density at radius 2 is 1.82 bits per heavy atom. The van der Waals surface area contributed by atoms with Gasteiger partial charge in [0, 0.05) is 18.1 Å². The summed E-state index contributed by atoms with van der Waals surface area (Å²) >= 11 is 5.82. The van der Waals surface area contributed by atoms with E-state index in [1.165, 1.54) is 0 Å². The topological polar surface area (TPSA) is 78.5 Å². The second-order valence-corrected chi connectivity index (χ2v) is 6.11. The minimum atomic E-state index is -0.839. The minimum Gasteiger partial charge on any atom is -0.342 e. The van der Waals surface area contributed by atoms with Crippen LogP contribution in [0.25, 0.3) is 0 Å². The molecule has 2 saturated heterocycles. The van der Waals surface area contributed by atoms with Crippen molar-refractivity contribution in [2.75, 3.05) is 13.1 Å². The van der Waals surface area contributed by atoms with E-state index in [9.17, 15) is 14.4 Å². The number of nitrogens with one attached hydrogen (secondary N) is 2. The number of piperidine rings is 1. The number of imide groups is 1. The van der Waals surface area contributed by atoms with Crippen LogP contribution < -0.4 is 10.6 Å². The molecule has 0 aliphatic carbocycles. The lowest BCUT2D eigenvalue weighted by atomic mass is 9.87. The van der Waals surface area contributed by atoms with Gasteiger partial charge in [0.25, 0.3) is 5.91 Å². The first-order chi connectivity index (χ1) is 10.5. The number of carbonyl (C=O) groups excluding carboxylic acids is 3. The number of urea groups is 1. The van der Waals surface area contributed by atoms with Crippen LogP contribution in [0.4, 0.5) is 4.79 Å². The van der Waals surface area contributed by atoms with Gasteiger partial charge in [-0.25, -0.2) is 4.79 Å². The number of likely N-dealkylation sites (tertiary alicyclic amines) is 1. The summed E-state index contributed by atoms with van der Waals surface area (Å²) in [6.07, 6.45) is 1.19. The molecule has 0 bridgehead atoms. The number of hydrogen-bond acceptors (Lipinski definition) is 3. The molecule has 1 aromatic rings. The Morgan fingerprint density at radius 3 is 2.36 bits per heavy atom. The van der Waals surface area contributed by atoms with Crippen molar-refractivity contribution in [2.24, 2.45) is 0 Å². The van der Waals surface area contributed by atoms with Crippen molar-refractivity contribution in [1.82, 2.24) is 15.5 Å². The van der Waals surface area contributed by atoms with Crippen LogP contribution in [-0.2, 0) is 16.0 Å². The number of benzene rings is 1. The van der Waals surface area contributed by atoms with Gasteiger partial charge in [-0.3, -0.25) is 14.9 Å². The maximum absolute atomic E-state index is 12.3. The molecule has 3 rings (SSSR count). The Morgan fingerprint density at radius 1 is 1.18 bits per heavy atom. The molecule has 0 radical (unpaired) electrons. The lowest BCUT2D eigenvalue weighted by Crippen LogP contribution is -2.55. The summed E-state index contributed by atoms with van der Waals surface area (Å²) in [5.74, 6) is -0.274. The molecule has 7 heteroatoms. The Balaban J connectivity index is 1.59. The number of rotatable bonds is 2. The van der Waals surface area contributed by atoms with Crippen LogP contribution in [0, 0.1) is 0 Å². The van der Waals surface area contributed by atoms with E-state index in [2.05, 4.69) is 10.6 Å². The standard InChI is InChI=1S/C15H16ClN3O3/c16-11-3-1-10(2-4-11)9-12(20)19-7-5-15(6-8-19)13(21)17-14(22)18-15/h1-4H,5-9H2,(H2,17,18,21,22). The first-order valence-electron chi connectivity index (χ1n) is 7.14. The molecule has 2 fully saturated rings. The zero-order chi connectivity index (χ0) is 15.7. The third-order valence-corrected chi connectivity index (χ3v) is 4.50. The van der Waals surface area contributed by atoms with E-state index in [0.717, 1.165) is 5.56 Å². The average molecular weight is 322 g/mol. The fraction of sp³-hybridized carbons (Fsp3) is 0.400. The van der Waals surface area contributed by atoms with Gasteiger partial charge < -0.3 is 10.2 Å². The van der Waals surface area contributed by atoms with Gasteiger partial charge in [0.05, 0.1) is 6.42 Å².